The minimum atomic E-state index is -1.61. The predicted octanol–water partition coefficient (Wildman–Crippen LogP) is 2.66. The molecule has 2 fully saturated rings. The van der Waals surface area contributed by atoms with Gasteiger partial charge < -0.3 is 21.1 Å². The summed E-state index contributed by atoms with van der Waals surface area (Å²) in [6.07, 6.45) is 4.55. The van der Waals surface area contributed by atoms with Crippen LogP contribution in [-0.2, 0) is 0 Å². The molecule has 4 N–H and O–H groups in total. The van der Waals surface area contributed by atoms with Crippen molar-refractivity contribution in [2.24, 2.45) is 5.41 Å². The van der Waals surface area contributed by atoms with Gasteiger partial charge in [-0.05, 0) is 69.3 Å². The van der Waals surface area contributed by atoms with E-state index in [9.17, 15) is 14.3 Å². The molecule has 188 valence electrons. The molecule has 0 bridgehead atoms. The van der Waals surface area contributed by atoms with Crippen LogP contribution in [0.15, 0.2) is 36.7 Å². The minimum absolute atomic E-state index is 0.220. The van der Waals surface area contributed by atoms with Crippen LogP contribution < -0.4 is 16.0 Å². The van der Waals surface area contributed by atoms with Gasteiger partial charge in [0.25, 0.3) is 5.91 Å². The second-order valence-electron chi connectivity index (χ2n) is 10.5. The van der Waals surface area contributed by atoms with Crippen molar-refractivity contribution in [3.05, 3.63) is 47.8 Å². The molecule has 1 atom stereocenters. The quantitative estimate of drug-likeness (QED) is 0.400. The Morgan fingerprint density at radius 1 is 1.39 bits per heavy atom. The number of halogens is 1. The first kappa shape index (κ1) is 24.2. The molecule has 1 saturated heterocycles. The number of hydrogen-bond acceptors (Lipinski definition) is 7. The van der Waals surface area contributed by atoms with Crippen LogP contribution in [0, 0.1) is 16.7 Å². The van der Waals surface area contributed by atoms with Crippen LogP contribution in [0.2, 0.25) is 0 Å². The molecule has 1 aliphatic carbocycles. The molecule has 1 saturated carbocycles. The van der Waals surface area contributed by atoms with Crippen LogP contribution >= 0.6 is 0 Å². The summed E-state index contributed by atoms with van der Waals surface area (Å²) in [5, 5.41) is 32.9. The molecule has 0 radical (unpaired) electrons. The highest BCUT2D eigenvalue weighted by Gasteiger charge is 2.46. The number of rotatable bonds is 7. The summed E-state index contributed by atoms with van der Waals surface area (Å²) >= 11 is 0. The van der Waals surface area contributed by atoms with Crippen molar-refractivity contribution in [2.45, 2.75) is 50.9 Å². The maximum atomic E-state index is 14.3. The highest BCUT2D eigenvalue weighted by molar-refractivity contribution is 6.00. The van der Waals surface area contributed by atoms with Crippen LogP contribution in [0.25, 0.3) is 16.9 Å². The number of hydrogen-bond donors (Lipinski definition) is 4. The lowest BCUT2D eigenvalue weighted by Crippen LogP contribution is -2.46. The standard InChI is InChI=1S/C26H30FN7O2/c1-25(2,36)23(27)14-31-24(35)19-13-30-21(22-4-3-18-7-16(11-28)12-32-34(18)22)8-20(19)33-17-9-26(10-17)5-6-29-15-26/h3-4,7-8,12-13,17,23,29,36H,5-6,9-10,14-15H2,1-2H3,(H,30,33)(H,31,35). The summed E-state index contributed by atoms with van der Waals surface area (Å²) in [6, 6.07) is 9.60. The molecular weight excluding hydrogens is 461 g/mol. The first-order valence-electron chi connectivity index (χ1n) is 12.2. The smallest absolute Gasteiger partial charge is 0.255 e. The number of fused-ring (bicyclic) bond motifs is 1. The highest BCUT2D eigenvalue weighted by atomic mass is 19.1. The SMILES string of the molecule is CC(C)(O)C(F)CNC(=O)c1cnc(-c2ccc3cc(C#N)cnn23)cc1NC1CC2(CCNC2)C1. The lowest BCUT2D eigenvalue weighted by atomic mass is 9.65. The number of nitrogens with zero attached hydrogens (tertiary/aromatic N) is 4. The lowest BCUT2D eigenvalue weighted by Gasteiger charge is -2.45. The number of carbonyl (C=O) groups is 1. The first-order valence-corrected chi connectivity index (χ1v) is 12.2. The van der Waals surface area contributed by atoms with E-state index in [1.165, 1.54) is 26.2 Å². The Balaban J connectivity index is 1.43. The van der Waals surface area contributed by atoms with Crippen molar-refractivity contribution in [1.29, 1.82) is 5.26 Å². The Hall–Kier alpha value is -3.55. The van der Waals surface area contributed by atoms with E-state index in [1.54, 1.807) is 10.6 Å². The van der Waals surface area contributed by atoms with E-state index in [1.807, 2.05) is 18.2 Å². The van der Waals surface area contributed by atoms with Crippen molar-refractivity contribution in [3.63, 3.8) is 0 Å². The number of nitrogens with one attached hydrogen (secondary N) is 3. The largest absolute Gasteiger partial charge is 0.387 e. The van der Waals surface area contributed by atoms with Gasteiger partial charge in [0.05, 0.1) is 52.1 Å². The molecule has 3 aromatic heterocycles. The zero-order chi connectivity index (χ0) is 25.5. The summed E-state index contributed by atoms with van der Waals surface area (Å²) in [6.45, 7) is 4.48. The first-order chi connectivity index (χ1) is 17.2. The summed E-state index contributed by atoms with van der Waals surface area (Å²) in [5.41, 5.74) is 2.26. The summed E-state index contributed by atoms with van der Waals surface area (Å²) in [4.78, 5) is 17.5. The fraction of sp³-hybridized carbons (Fsp3) is 0.462. The van der Waals surface area contributed by atoms with Crippen molar-refractivity contribution < 1.29 is 14.3 Å². The van der Waals surface area contributed by atoms with E-state index in [0.717, 1.165) is 43.6 Å². The number of carbonyl (C=O) groups excluding carboxylic acids is 1. The van der Waals surface area contributed by atoms with Crippen molar-refractivity contribution in [1.82, 2.24) is 25.2 Å². The molecule has 1 unspecified atom stereocenters. The molecule has 10 heteroatoms. The van der Waals surface area contributed by atoms with Crippen LogP contribution in [0.3, 0.4) is 0 Å². The molecule has 5 rings (SSSR count). The monoisotopic (exact) mass is 491 g/mol. The summed E-state index contributed by atoms with van der Waals surface area (Å²) < 4.78 is 16.0. The third-order valence-corrected chi connectivity index (χ3v) is 7.30. The van der Waals surface area contributed by atoms with Gasteiger partial charge in [-0.1, -0.05) is 0 Å². The normalized spacial score (nSPS) is 22.2. The molecule has 0 aromatic carbocycles. The zero-order valence-corrected chi connectivity index (χ0v) is 20.4. The predicted molar refractivity (Wildman–Crippen MR) is 133 cm³/mol. The molecule has 1 aliphatic heterocycles. The number of aromatic nitrogens is 3. The number of amides is 1. The van der Waals surface area contributed by atoms with Crippen LogP contribution in [0.4, 0.5) is 10.1 Å². The van der Waals surface area contributed by atoms with Gasteiger partial charge in [0.15, 0.2) is 0 Å². The molecule has 1 amide bonds. The fourth-order valence-corrected chi connectivity index (χ4v) is 5.13. The molecule has 36 heavy (non-hydrogen) atoms. The van der Waals surface area contributed by atoms with Gasteiger partial charge in [0.2, 0.25) is 0 Å². The van der Waals surface area contributed by atoms with Crippen LogP contribution in [0.1, 0.15) is 49.0 Å². The van der Waals surface area contributed by atoms with Gasteiger partial charge in [-0.25, -0.2) is 8.91 Å². The topological polar surface area (TPSA) is 127 Å². The molecule has 3 aromatic rings. The third kappa shape index (κ3) is 4.64. The Morgan fingerprint density at radius 2 is 2.19 bits per heavy atom. The number of pyridine rings is 1. The van der Waals surface area contributed by atoms with Gasteiger partial charge in [-0.3, -0.25) is 9.78 Å². The maximum Gasteiger partial charge on any atom is 0.255 e. The van der Waals surface area contributed by atoms with Gasteiger partial charge in [-0.2, -0.15) is 10.4 Å². The molecule has 2 aliphatic rings. The average molecular weight is 492 g/mol. The molecule has 4 heterocycles. The Bertz CT molecular complexity index is 1330. The van der Waals surface area contributed by atoms with E-state index < -0.39 is 17.7 Å². The van der Waals surface area contributed by atoms with E-state index in [0.29, 0.717) is 27.9 Å². The third-order valence-electron chi connectivity index (χ3n) is 7.30. The Kier molecular flexibility index (Phi) is 6.14. The van der Waals surface area contributed by atoms with Crippen LogP contribution in [-0.4, -0.2) is 63.1 Å². The van der Waals surface area contributed by atoms with Crippen LogP contribution in [0.5, 0.6) is 0 Å². The number of alkyl halides is 1. The number of anilines is 1. The average Bonchev–Trinajstić information content (AvgIpc) is 3.48. The second kappa shape index (κ2) is 9.15. The van der Waals surface area contributed by atoms with Crippen molar-refractivity contribution >= 4 is 17.1 Å². The van der Waals surface area contributed by atoms with E-state index >= 15 is 0 Å². The van der Waals surface area contributed by atoms with E-state index in [-0.39, 0.29) is 12.6 Å². The molecule has 9 nitrogen and oxygen atoms in total. The molecular formula is C26H30FN7O2. The van der Waals surface area contributed by atoms with Crippen molar-refractivity contribution in [2.75, 3.05) is 25.0 Å². The highest BCUT2D eigenvalue weighted by Crippen LogP contribution is 2.47. The molecule has 1 spiro atoms. The number of aliphatic hydroxyl groups is 1. The van der Waals surface area contributed by atoms with E-state index in [2.05, 4.69) is 32.1 Å². The zero-order valence-electron chi connectivity index (χ0n) is 20.4. The Labute approximate surface area is 208 Å². The van der Waals surface area contributed by atoms with Gasteiger partial charge in [-0.15, -0.1) is 0 Å². The van der Waals surface area contributed by atoms with E-state index in [4.69, 9.17) is 5.26 Å². The maximum absolute atomic E-state index is 14.3. The van der Waals surface area contributed by atoms with Gasteiger partial charge in [0, 0.05) is 18.8 Å². The summed E-state index contributed by atoms with van der Waals surface area (Å²) in [5.74, 6) is -0.461. The minimum Gasteiger partial charge on any atom is -0.387 e. The van der Waals surface area contributed by atoms with Gasteiger partial charge in [0.1, 0.15) is 12.2 Å². The Morgan fingerprint density at radius 3 is 2.89 bits per heavy atom. The lowest BCUT2D eigenvalue weighted by molar-refractivity contribution is -0.00177. The second-order valence-corrected chi connectivity index (χ2v) is 10.5. The summed E-state index contributed by atoms with van der Waals surface area (Å²) in [7, 11) is 0. The van der Waals surface area contributed by atoms with Gasteiger partial charge >= 0.3 is 0 Å². The number of nitriles is 1. The fourth-order valence-electron chi connectivity index (χ4n) is 5.13. The van der Waals surface area contributed by atoms with Crippen molar-refractivity contribution in [3.8, 4) is 17.5 Å².